The van der Waals surface area contributed by atoms with Gasteiger partial charge in [0.2, 0.25) is 0 Å². The number of hydrogen-bond donors (Lipinski definition) is 1. The van der Waals surface area contributed by atoms with Gasteiger partial charge in [-0.15, -0.1) is 0 Å². The molecule has 1 aliphatic rings. The minimum Gasteiger partial charge on any atom is -0.423 e. The highest BCUT2D eigenvalue weighted by Crippen LogP contribution is 2.50. The van der Waals surface area contributed by atoms with Gasteiger partial charge in [-0.2, -0.15) is 15.4 Å². The first-order valence-corrected chi connectivity index (χ1v) is 7.76. The van der Waals surface area contributed by atoms with Crippen LogP contribution < -0.4 is 5.63 Å². The van der Waals surface area contributed by atoms with Crippen molar-refractivity contribution in [2.75, 3.05) is 7.05 Å². The lowest BCUT2D eigenvalue weighted by atomic mass is 9.91. The first-order chi connectivity index (χ1) is 11.5. The van der Waals surface area contributed by atoms with Crippen LogP contribution in [-0.4, -0.2) is 38.5 Å². The lowest BCUT2D eigenvalue weighted by molar-refractivity contribution is -0.127. The molecule has 3 heterocycles. The van der Waals surface area contributed by atoms with Crippen molar-refractivity contribution in [3.8, 4) is 0 Å². The topological polar surface area (TPSA) is 109 Å². The van der Waals surface area contributed by atoms with E-state index in [-0.39, 0.29) is 5.69 Å². The van der Waals surface area contributed by atoms with Gasteiger partial charge in [-0.05, 0) is 17.8 Å². The summed E-state index contributed by atoms with van der Waals surface area (Å²) >= 11 is 0.798. The third-order valence-corrected chi connectivity index (χ3v) is 5.28. The Morgan fingerprint density at radius 2 is 2.04 bits per heavy atom. The molecule has 2 amide bonds. The molecule has 120 valence electrons. The fourth-order valence-corrected chi connectivity index (χ4v) is 3.99. The minimum absolute atomic E-state index is 0.256. The third-order valence-electron chi connectivity index (χ3n) is 3.93. The van der Waals surface area contributed by atoms with Crippen LogP contribution >= 0.6 is 11.8 Å². The maximum Gasteiger partial charge on any atom is 0.336 e. The van der Waals surface area contributed by atoms with E-state index in [0.29, 0.717) is 16.5 Å². The second kappa shape index (κ2) is 5.03. The Morgan fingerprint density at radius 3 is 2.71 bits per heavy atom. The average Bonchev–Trinajstić information content (AvgIpc) is 3.18. The minimum atomic E-state index is -1.48. The van der Waals surface area contributed by atoms with Gasteiger partial charge in [0.25, 0.3) is 11.1 Å². The Balaban J connectivity index is 2.13. The zero-order valence-corrected chi connectivity index (χ0v) is 13.2. The van der Waals surface area contributed by atoms with Gasteiger partial charge >= 0.3 is 5.63 Å². The molecular formula is C15H10N4O4S. The molecule has 9 heteroatoms. The highest BCUT2D eigenvalue weighted by Gasteiger charge is 2.56. The van der Waals surface area contributed by atoms with E-state index < -0.39 is 21.5 Å². The number of fused-ring (bicyclic) bond motifs is 1. The highest BCUT2D eigenvalue weighted by atomic mass is 32.2. The van der Waals surface area contributed by atoms with E-state index in [1.54, 1.807) is 24.3 Å². The molecule has 1 fully saturated rings. The molecule has 0 bridgehead atoms. The fourth-order valence-electron chi connectivity index (χ4n) is 2.81. The van der Waals surface area contributed by atoms with Crippen LogP contribution in [-0.2, 0) is 9.54 Å². The zero-order chi connectivity index (χ0) is 16.9. The number of amides is 2. The Bertz CT molecular complexity index is 1030. The standard InChI is InChI=1S/C15H10N4O4S/c1-19-13(21)15(24-14(19)22,11-7-16-18-17-11)9-6-12(20)23-10-5-3-2-4-8(9)10/h2-7H,1H3,(H,16,17,18). The molecule has 1 unspecified atom stereocenters. The summed E-state index contributed by atoms with van der Waals surface area (Å²) in [6.07, 6.45) is 1.38. The van der Waals surface area contributed by atoms with Gasteiger partial charge in [-0.3, -0.25) is 14.5 Å². The number of carbonyl (C=O) groups excluding carboxylic acids is 2. The van der Waals surface area contributed by atoms with Crippen LogP contribution in [0.1, 0.15) is 11.3 Å². The largest absolute Gasteiger partial charge is 0.423 e. The Labute approximate surface area is 138 Å². The molecule has 1 saturated heterocycles. The van der Waals surface area contributed by atoms with Crippen molar-refractivity contribution < 1.29 is 14.0 Å². The van der Waals surface area contributed by atoms with E-state index in [2.05, 4.69) is 15.4 Å². The van der Waals surface area contributed by atoms with Crippen molar-refractivity contribution in [2.45, 2.75) is 4.75 Å². The Hall–Kier alpha value is -2.94. The van der Waals surface area contributed by atoms with Crippen LogP contribution in [0, 0.1) is 0 Å². The molecule has 1 N–H and O–H groups in total. The molecule has 0 radical (unpaired) electrons. The molecular weight excluding hydrogens is 332 g/mol. The average molecular weight is 342 g/mol. The molecule has 1 atom stereocenters. The van der Waals surface area contributed by atoms with Gasteiger partial charge in [0, 0.05) is 24.1 Å². The summed E-state index contributed by atoms with van der Waals surface area (Å²) in [7, 11) is 1.40. The summed E-state index contributed by atoms with van der Waals surface area (Å²) in [5.41, 5.74) is 0.335. The molecule has 3 aromatic rings. The van der Waals surface area contributed by atoms with Gasteiger partial charge in [-0.1, -0.05) is 18.2 Å². The maximum atomic E-state index is 13.0. The fraction of sp³-hybridized carbons (Fsp3) is 0.133. The van der Waals surface area contributed by atoms with Crippen LogP contribution in [0.5, 0.6) is 0 Å². The molecule has 2 aromatic heterocycles. The predicted molar refractivity (Wildman–Crippen MR) is 85.4 cm³/mol. The summed E-state index contributed by atoms with van der Waals surface area (Å²) < 4.78 is 3.72. The lowest BCUT2D eigenvalue weighted by Gasteiger charge is -2.23. The number of thioether (sulfide) groups is 1. The predicted octanol–water partition coefficient (Wildman–Crippen LogP) is 1.48. The number of aromatic nitrogens is 3. The molecule has 8 nitrogen and oxygen atoms in total. The van der Waals surface area contributed by atoms with Crippen LogP contribution in [0.4, 0.5) is 4.79 Å². The Kier molecular flexibility index (Phi) is 3.07. The van der Waals surface area contributed by atoms with Crippen LogP contribution in [0.25, 0.3) is 11.0 Å². The molecule has 0 saturated carbocycles. The second-order valence-corrected chi connectivity index (χ2v) is 6.41. The van der Waals surface area contributed by atoms with E-state index >= 15 is 0 Å². The van der Waals surface area contributed by atoms with Crippen molar-refractivity contribution in [3.05, 3.63) is 58.2 Å². The summed E-state index contributed by atoms with van der Waals surface area (Å²) in [6, 6.07) is 8.07. The molecule has 0 aliphatic carbocycles. The van der Waals surface area contributed by atoms with Crippen molar-refractivity contribution >= 4 is 33.9 Å². The zero-order valence-electron chi connectivity index (χ0n) is 12.3. The number of H-pyrrole nitrogens is 1. The molecule has 1 aromatic carbocycles. The Morgan fingerprint density at radius 1 is 1.25 bits per heavy atom. The second-order valence-electron chi connectivity index (χ2n) is 5.24. The smallest absolute Gasteiger partial charge is 0.336 e. The lowest BCUT2D eigenvalue weighted by Crippen LogP contribution is -2.37. The number of carbonyl (C=O) groups is 2. The van der Waals surface area contributed by atoms with Gasteiger partial charge < -0.3 is 4.42 Å². The summed E-state index contributed by atoms with van der Waals surface area (Å²) in [5, 5.41) is 10.4. The van der Waals surface area contributed by atoms with E-state index in [0.717, 1.165) is 16.7 Å². The summed E-state index contributed by atoms with van der Waals surface area (Å²) in [6.45, 7) is 0. The monoisotopic (exact) mass is 342 g/mol. The van der Waals surface area contributed by atoms with Crippen LogP contribution in [0.2, 0.25) is 0 Å². The van der Waals surface area contributed by atoms with Crippen molar-refractivity contribution in [1.82, 2.24) is 20.3 Å². The first-order valence-electron chi connectivity index (χ1n) is 6.95. The van der Waals surface area contributed by atoms with Gasteiger partial charge in [0.15, 0.2) is 4.75 Å². The number of nitrogens with zero attached hydrogens (tertiary/aromatic N) is 3. The van der Waals surface area contributed by atoms with Gasteiger partial charge in [-0.25, -0.2) is 4.79 Å². The van der Waals surface area contributed by atoms with E-state index in [4.69, 9.17) is 4.42 Å². The number of nitrogens with one attached hydrogen (secondary N) is 1. The highest BCUT2D eigenvalue weighted by molar-refractivity contribution is 8.15. The van der Waals surface area contributed by atoms with E-state index in [9.17, 15) is 14.4 Å². The van der Waals surface area contributed by atoms with Crippen LogP contribution in [0.3, 0.4) is 0 Å². The molecule has 24 heavy (non-hydrogen) atoms. The van der Waals surface area contributed by atoms with E-state index in [1.807, 2.05) is 0 Å². The number of aromatic amines is 1. The molecule has 0 spiro atoms. The van der Waals surface area contributed by atoms with Gasteiger partial charge in [0.1, 0.15) is 11.3 Å². The number of benzene rings is 1. The van der Waals surface area contributed by atoms with Crippen molar-refractivity contribution in [3.63, 3.8) is 0 Å². The maximum absolute atomic E-state index is 13.0. The number of likely N-dealkylation sites (N-methyl/N-ethyl adjacent to an activating group) is 1. The van der Waals surface area contributed by atoms with Crippen molar-refractivity contribution in [1.29, 1.82) is 0 Å². The van der Waals surface area contributed by atoms with Crippen molar-refractivity contribution in [2.24, 2.45) is 0 Å². The quantitative estimate of drug-likeness (QED) is 0.702. The normalized spacial score (nSPS) is 21.0. The number of imide groups is 1. The van der Waals surface area contributed by atoms with Gasteiger partial charge in [0.05, 0.1) is 6.20 Å². The molecule has 1 aliphatic heterocycles. The SMILES string of the molecule is CN1C(=O)SC(c2cn[nH]n2)(c2cc(=O)oc3ccccc23)C1=O. The third kappa shape index (κ3) is 1.84. The number of para-hydroxylation sites is 1. The number of rotatable bonds is 2. The van der Waals surface area contributed by atoms with Crippen LogP contribution in [0.15, 0.2) is 45.7 Å². The summed E-state index contributed by atoms with van der Waals surface area (Å²) in [4.78, 5) is 38.2. The first kappa shape index (κ1) is 14.6. The summed E-state index contributed by atoms with van der Waals surface area (Å²) in [5.74, 6) is -0.484. The molecule has 4 rings (SSSR count). The van der Waals surface area contributed by atoms with E-state index in [1.165, 1.54) is 19.3 Å². The number of hydrogen-bond acceptors (Lipinski definition) is 7.